The second-order valence-electron chi connectivity index (χ2n) is 6.45. The molecule has 0 amide bonds. The van der Waals surface area contributed by atoms with Crippen LogP contribution in [0.2, 0.25) is 0 Å². The minimum atomic E-state index is -1.37. The van der Waals surface area contributed by atoms with E-state index in [1.54, 1.807) is 0 Å². The van der Waals surface area contributed by atoms with Crippen molar-refractivity contribution in [3.05, 3.63) is 47.3 Å². The third-order valence-electron chi connectivity index (χ3n) is 4.83. The highest BCUT2D eigenvalue weighted by atomic mass is 19.2. The highest BCUT2D eigenvalue weighted by molar-refractivity contribution is 5.19. The van der Waals surface area contributed by atoms with Gasteiger partial charge in [0.2, 0.25) is 0 Å². The first-order valence-electron chi connectivity index (χ1n) is 8.34. The van der Waals surface area contributed by atoms with E-state index in [0.29, 0.717) is 17.9 Å². The fraction of sp³-hybridized carbons (Fsp3) is 0.579. The van der Waals surface area contributed by atoms with Crippen molar-refractivity contribution < 1.29 is 13.2 Å². The maximum atomic E-state index is 13.2. The lowest BCUT2D eigenvalue weighted by Gasteiger charge is -2.28. The lowest BCUT2D eigenvalue weighted by atomic mass is 9.78. The van der Waals surface area contributed by atoms with E-state index in [1.165, 1.54) is 38.5 Å². The number of benzene rings is 1. The molecule has 0 atom stereocenters. The van der Waals surface area contributed by atoms with Gasteiger partial charge in [0.1, 0.15) is 0 Å². The SMILES string of the molecule is C/C=C/CC[C@H]1CC[C@H](CCc2cc(F)c(F)c(F)c2)CC1. The van der Waals surface area contributed by atoms with Crippen molar-refractivity contribution in [2.75, 3.05) is 0 Å². The topological polar surface area (TPSA) is 0 Å². The molecule has 1 saturated carbocycles. The van der Waals surface area contributed by atoms with Gasteiger partial charge in [0, 0.05) is 0 Å². The lowest BCUT2D eigenvalue weighted by Crippen LogP contribution is -2.15. The molecular weight excluding hydrogens is 285 g/mol. The number of allylic oxidation sites excluding steroid dienone is 2. The molecule has 0 heterocycles. The average molecular weight is 310 g/mol. The van der Waals surface area contributed by atoms with E-state index in [-0.39, 0.29) is 0 Å². The van der Waals surface area contributed by atoms with E-state index in [9.17, 15) is 13.2 Å². The van der Waals surface area contributed by atoms with Crippen LogP contribution in [0.4, 0.5) is 13.2 Å². The maximum Gasteiger partial charge on any atom is 0.194 e. The van der Waals surface area contributed by atoms with Gasteiger partial charge in [-0.1, -0.05) is 37.8 Å². The van der Waals surface area contributed by atoms with Gasteiger partial charge in [0.25, 0.3) is 0 Å². The minimum absolute atomic E-state index is 0.562. The summed E-state index contributed by atoms with van der Waals surface area (Å²) in [7, 11) is 0. The van der Waals surface area contributed by atoms with E-state index >= 15 is 0 Å². The number of halogens is 3. The number of hydrogen-bond donors (Lipinski definition) is 0. The predicted molar refractivity (Wildman–Crippen MR) is 84.1 cm³/mol. The van der Waals surface area contributed by atoms with Gasteiger partial charge < -0.3 is 0 Å². The first-order chi connectivity index (χ1) is 10.6. The summed E-state index contributed by atoms with van der Waals surface area (Å²) in [4.78, 5) is 0. The van der Waals surface area contributed by atoms with Gasteiger partial charge >= 0.3 is 0 Å². The van der Waals surface area contributed by atoms with Crippen LogP contribution in [0.25, 0.3) is 0 Å². The molecule has 1 aliphatic carbocycles. The van der Waals surface area contributed by atoms with Crippen molar-refractivity contribution >= 4 is 0 Å². The molecule has 0 nitrogen and oxygen atoms in total. The Bertz CT molecular complexity index is 476. The van der Waals surface area contributed by atoms with E-state index in [4.69, 9.17) is 0 Å². The number of aryl methyl sites for hydroxylation is 1. The van der Waals surface area contributed by atoms with Gasteiger partial charge in [-0.15, -0.1) is 0 Å². The Kier molecular flexibility index (Phi) is 6.53. The Morgan fingerprint density at radius 2 is 1.50 bits per heavy atom. The zero-order valence-corrected chi connectivity index (χ0v) is 13.3. The molecule has 3 heteroatoms. The quantitative estimate of drug-likeness (QED) is 0.433. The smallest absolute Gasteiger partial charge is 0.194 e. The van der Waals surface area contributed by atoms with Crippen LogP contribution in [0.15, 0.2) is 24.3 Å². The van der Waals surface area contributed by atoms with Gasteiger partial charge in [0.15, 0.2) is 17.5 Å². The summed E-state index contributed by atoms with van der Waals surface area (Å²) in [6.07, 6.45) is 13.2. The molecule has 122 valence electrons. The zero-order valence-electron chi connectivity index (χ0n) is 13.3. The van der Waals surface area contributed by atoms with E-state index in [2.05, 4.69) is 19.1 Å². The molecule has 2 rings (SSSR count). The summed E-state index contributed by atoms with van der Waals surface area (Å²) < 4.78 is 39.3. The van der Waals surface area contributed by atoms with Crippen LogP contribution in [0.1, 0.15) is 57.4 Å². The minimum Gasteiger partial charge on any atom is -0.204 e. The van der Waals surface area contributed by atoms with Crippen LogP contribution in [0.3, 0.4) is 0 Å². The Morgan fingerprint density at radius 1 is 0.955 bits per heavy atom. The van der Waals surface area contributed by atoms with Gasteiger partial charge in [-0.25, -0.2) is 13.2 Å². The molecule has 1 aromatic carbocycles. The summed E-state index contributed by atoms with van der Waals surface area (Å²) in [5.74, 6) is -2.07. The summed E-state index contributed by atoms with van der Waals surface area (Å²) in [6.45, 7) is 2.05. The highest BCUT2D eigenvalue weighted by Gasteiger charge is 2.21. The normalized spacial score (nSPS) is 22.4. The molecule has 0 bridgehead atoms. The second-order valence-corrected chi connectivity index (χ2v) is 6.45. The molecule has 0 N–H and O–H groups in total. The standard InChI is InChI=1S/C19H25F3/c1-2-3-4-5-14-6-8-15(9-7-14)10-11-16-12-17(20)19(22)18(21)13-16/h2-3,12-15H,4-11H2,1H3/b3-2+/t14-,15-. The Hall–Kier alpha value is -1.25. The fourth-order valence-corrected chi connectivity index (χ4v) is 3.43. The summed E-state index contributed by atoms with van der Waals surface area (Å²) >= 11 is 0. The lowest BCUT2D eigenvalue weighted by molar-refractivity contribution is 0.254. The highest BCUT2D eigenvalue weighted by Crippen LogP contribution is 2.34. The molecule has 1 aliphatic rings. The molecule has 0 aromatic heterocycles. The molecule has 0 aliphatic heterocycles. The van der Waals surface area contributed by atoms with Crippen molar-refractivity contribution in [3.63, 3.8) is 0 Å². The van der Waals surface area contributed by atoms with Crippen LogP contribution in [-0.2, 0) is 6.42 Å². The van der Waals surface area contributed by atoms with Crippen LogP contribution in [0, 0.1) is 29.3 Å². The van der Waals surface area contributed by atoms with Gasteiger partial charge in [-0.05, 0) is 62.1 Å². The van der Waals surface area contributed by atoms with Crippen LogP contribution in [-0.4, -0.2) is 0 Å². The van der Waals surface area contributed by atoms with Crippen molar-refractivity contribution in [2.24, 2.45) is 11.8 Å². The van der Waals surface area contributed by atoms with Crippen LogP contribution < -0.4 is 0 Å². The molecule has 0 unspecified atom stereocenters. The number of hydrogen-bond acceptors (Lipinski definition) is 0. The summed E-state index contributed by atoms with van der Waals surface area (Å²) in [5, 5.41) is 0. The van der Waals surface area contributed by atoms with Crippen molar-refractivity contribution in [1.82, 2.24) is 0 Å². The predicted octanol–water partition coefficient (Wildman–Crippen LogP) is 6.20. The molecule has 22 heavy (non-hydrogen) atoms. The van der Waals surface area contributed by atoms with E-state index in [1.807, 2.05) is 0 Å². The molecule has 1 fully saturated rings. The molecule has 0 spiro atoms. The van der Waals surface area contributed by atoms with Gasteiger partial charge in [-0.2, -0.15) is 0 Å². The van der Waals surface area contributed by atoms with E-state index in [0.717, 1.165) is 24.5 Å². The Labute approximate surface area is 131 Å². The third kappa shape index (κ3) is 4.89. The third-order valence-corrected chi connectivity index (χ3v) is 4.83. The fourth-order valence-electron chi connectivity index (χ4n) is 3.43. The van der Waals surface area contributed by atoms with Crippen LogP contribution in [0.5, 0.6) is 0 Å². The molecule has 1 aromatic rings. The van der Waals surface area contributed by atoms with Crippen LogP contribution >= 0.6 is 0 Å². The van der Waals surface area contributed by atoms with Crippen molar-refractivity contribution in [2.45, 2.75) is 58.3 Å². The molecular formula is C19H25F3. The average Bonchev–Trinajstić information content (AvgIpc) is 2.52. The first kappa shape index (κ1) is 17.1. The zero-order chi connectivity index (χ0) is 15.9. The molecule has 0 saturated heterocycles. The monoisotopic (exact) mass is 310 g/mol. The number of rotatable bonds is 6. The Balaban J connectivity index is 1.75. The van der Waals surface area contributed by atoms with Gasteiger partial charge in [0.05, 0.1) is 0 Å². The van der Waals surface area contributed by atoms with E-state index < -0.39 is 17.5 Å². The first-order valence-corrected chi connectivity index (χ1v) is 8.34. The largest absolute Gasteiger partial charge is 0.204 e. The van der Waals surface area contributed by atoms with Crippen molar-refractivity contribution in [1.29, 1.82) is 0 Å². The van der Waals surface area contributed by atoms with Gasteiger partial charge in [-0.3, -0.25) is 0 Å². The summed E-state index contributed by atoms with van der Waals surface area (Å²) in [5.41, 5.74) is 0.562. The molecule has 0 radical (unpaired) electrons. The van der Waals surface area contributed by atoms with Crippen molar-refractivity contribution in [3.8, 4) is 0 Å². The Morgan fingerprint density at radius 3 is 2.05 bits per heavy atom. The maximum absolute atomic E-state index is 13.2. The summed E-state index contributed by atoms with van der Waals surface area (Å²) in [6, 6.07) is 2.25. The second kappa shape index (κ2) is 8.40.